The summed E-state index contributed by atoms with van der Waals surface area (Å²) in [5, 5.41) is 0. The molecule has 1 atom stereocenters. The maximum absolute atomic E-state index is 11.2. The summed E-state index contributed by atoms with van der Waals surface area (Å²) in [5.74, 6) is -0.101. The van der Waals surface area contributed by atoms with Gasteiger partial charge in [-0.3, -0.25) is 4.79 Å². The Morgan fingerprint density at radius 1 is 1.06 bits per heavy atom. The minimum absolute atomic E-state index is 0.101. The van der Waals surface area contributed by atoms with Crippen molar-refractivity contribution in [3.8, 4) is 0 Å². The van der Waals surface area contributed by atoms with Gasteiger partial charge in [-0.25, -0.2) is 0 Å². The lowest BCUT2D eigenvalue weighted by Gasteiger charge is -2.02. The third-order valence-corrected chi connectivity index (χ3v) is 3.05. The van der Waals surface area contributed by atoms with Gasteiger partial charge in [-0.15, -0.1) is 0 Å². The lowest BCUT2D eigenvalue weighted by atomic mass is 10.1. The van der Waals surface area contributed by atoms with Crippen molar-refractivity contribution in [1.82, 2.24) is 0 Å². The predicted molar refractivity (Wildman–Crippen MR) is 67.7 cm³/mol. The fourth-order valence-corrected chi connectivity index (χ4v) is 1.89. The van der Waals surface area contributed by atoms with Crippen LogP contribution in [0.2, 0.25) is 0 Å². The Bertz CT molecular complexity index is 200. The van der Waals surface area contributed by atoms with Crippen LogP contribution >= 0.6 is 0 Å². The number of epoxide rings is 1. The predicted octanol–water partition coefficient (Wildman–Crippen LogP) is 3.81. The minimum atomic E-state index is -0.221. The van der Waals surface area contributed by atoms with Crippen molar-refractivity contribution in [3.63, 3.8) is 0 Å². The van der Waals surface area contributed by atoms with Gasteiger partial charge in [-0.1, -0.05) is 58.3 Å². The second-order valence-corrected chi connectivity index (χ2v) is 4.83. The van der Waals surface area contributed by atoms with E-state index in [2.05, 4.69) is 6.92 Å². The molecule has 3 heteroatoms. The molecule has 1 fully saturated rings. The largest absolute Gasteiger partial charge is 0.433 e. The molecule has 17 heavy (non-hydrogen) atoms. The average molecular weight is 242 g/mol. The molecule has 1 unspecified atom stereocenters. The minimum Gasteiger partial charge on any atom is -0.433 e. The number of hydrogen-bond acceptors (Lipinski definition) is 3. The summed E-state index contributed by atoms with van der Waals surface area (Å²) in [4.78, 5) is 11.2. The van der Waals surface area contributed by atoms with Gasteiger partial charge in [-0.2, -0.15) is 0 Å². The molecule has 0 amide bonds. The quantitative estimate of drug-likeness (QED) is 0.314. The smallest absolute Gasteiger partial charge is 0.308 e. The molecule has 3 nitrogen and oxygen atoms in total. The first-order valence-corrected chi connectivity index (χ1v) is 7.14. The summed E-state index contributed by atoms with van der Waals surface area (Å²) in [6.45, 7) is 2.83. The molecule has 100 valence electrons. The summed E-state index contributed by atoms with van der Waals surface area (Å²) < 4.78 is 9.80. The Labute approximate surface area is 105 Å². The van der Waals surface area contributed by atoms with Crippen molar-refractivity contribution in [1.29, 1.82) is 0 Å². The Kier molecular flexibility index (Phi) is 8.06. The van der Waals surface area contributed by atoms with Crippen LogP contribution in [0.1, 0.15) is 71.1 Å². The summed E-state index contributed by atoms with van der Waals surface area (Å²) in [5.41, 5.74) is 0. The molecule has 0 radical (unpaired) electrons. The highest BCUT2D eigenvalue weighted by Crippen LogP contribution is 2.14. The molecule has 0 spiro atoms. The van der Waals surface area contributed by atoms with E-state index in [0.29, 0.717) is 13.0 Å². The molecule has 0 N–H and O–H groups in total. The van der Waals surface area contributed by atoms with Crippen molar-refractivity contribution in [2.75, 3.05) is 6.61 Å². The van der Waals surface area contributed by atoms with Gasteiger partial charge in [0.15, 0.2) is 0 Å². The number of carbonyl (C=O) groups is 1. The van der Waals surface area contributed by atoms with Crippen LogP contribution in [0, 0.1) is 0 Å². The summed E-state index contributed by atoms with van der Waals surface area (Å²) in [6.07, 6.45) is 11.8. The van der Waals surface area contributed by atoms with Crippen LogP contribution in [0.5, 0.6) is 0 Å². The lowest BCUT2D eigenvalue weighted by Crippen LogP contribution is -2.06. The average Bonchev–Trinajstić information content (AvgIpc) is 3.11. The van der Waals surface area contributed by atoms with E-state index >= 15 is 0 Å². The standard InChI is InChI=1S/C14H26O3/c1-2-3-4-5-6-7-8-9-10-11-13(15)17-14-12-16-14/h14H,2-12H2,1H3. The van der Waals surface area contributed by atoms with Gasteiger partial charge in [-0.05, 0) is 6.42 Å². The normalized spacial score (nSPS) is 18.1. The first kappa shape index (κ1) is 14.5. The first-order chi connectivity index (χ1) is 8.33. The van der Waals surface area contributed by atoms with Crippen molar-refractivity contribution in [2.24, 2.45) is 0 Å². The first-order valence-electron chi connectivity index (χ1n) is 7.14. The number of esters is 1. The Morgan fingerprint density at radius 3 is 2.12 bits per heavy atom. The van der Waals surface area contributed by atoms with E-state index in [-0.39, 0.29) is 12.3 Å². The number of carbonyl (C=O) groups excluding carboxylic acids is 1. The third-order valence-electron chi connectivity index (χ3n) is 3.05. The molecular formula is C14H26O3. The number of unbranched alkanes of at least 4 members (excludes halogenated alkanes) is 8. The Morgan fingerprint density at radius 2 is 1.59 bits per heavy atom. The Balaban J connectivity index is 1.73. The molecule has 1 rings (SSSR count). The maximum Gasteiger partial charge on any atom is 0.308 e. The molecule has 1 aliphatic rings. The van der Waals surface area contributed by atoms with Crippen molar-refractivity contribution in [2.45, 2.75) is 77.4 Å². The summed E-state index contributed by atoms with van der Waals surface area (Å²) in [6, 6.07) is 0. The molecule has 0 aromatic carbocycles. The zero-order chi connectivity index (χ0) is 12.3. The summed E-state index contributed by atoms with van der Waals surface area (Å²) >= 11 is 0. The van der Waals surface area contributed by atoms with E-state index in [0.717, 1.165) is 12.8 Å². The van der Waals surface area contributed by atoms with Gasteiger partial charge in [0.2, 0.25) is 6.29 Å². The fraction of sp³-hybridized carbons (Fsp3) is 0.929. The number of ether oxygens (including phenoxy) is 2. The summed E-state index contributed by atoms with van der Waals surface area (Å²) in [7, 11) is 0. The van der Waals surface area contributed by atoms with Crippen LogP contribution < -0.4 is 0 Å². The monoisotopic (exact) mass is 242 g/mol. The Hall–Kier alpha value is -0.570. The second-order valence-electron chi connectivity index (χ2n) is 4.83. The molecule has 1 saturated heterocycles. The van der Waals surface area contributed by atoms with Gasteiger partial charge in [0.1, 0.15) is 6.61 Å². The molecule has 0 aromatic rings. The molecule has 0 saturated carbocycles. The highest BCUT2D eigenvalue weighted by Gasteiger charge is 2.26. The molecular weight excluding hydrogens is 216 g/mol. The topological polar surface area (TPSA) is 38.8 Å². The molecule has 1 heterocycles. The van der Waals surface area contributed by atoms with Crippen LogP contribution in [0.25, 0.3) is 0 Å². The lowest BCUT2D eigenvalue weighted by molar-refractivity contribution is -0.148. The fourth-order valence-electron chi connectivity index (χ4n) is 1.89. The van der Waals surface area contributed by atoms with E-state index in [1.807, 2.05) is 0 Å². The van der Waals surface area contributed by atoms with E-state index in [1.54, 1.807) is 0 Å². The van der Waals surface area contributed by atoms with E-state index in [1.165, 1.54) is 44.9 Å². The van der Waals surface area contributed by atoms with Gasteiger partial charge in [0.25, 0.3) is 0 Å². The maximum atomic E-state index is 11.2. The molecule has 0 aromatic heterocycles. The van der Waals surface area contributed by atoms with Crippen LogP contribution in [0.3, 0.4) is 0 Å². The van der Waals surface area contributed by atoms with Gasteiger partial charge in [0, 0.05) is 6.42 Å². The van der Waals surface area contributed by atoms with Crippen molar-refractivity contribution < 1.29 is 14.3 Å². The van der Waals surface area contributed by atoms with Crippen LogP contribution in [0.15, 0.2) is 0 Å². The SMILES string of the molecule is CCCCCCCCCCCC(=O)OC1CO1. The highest BCUT2D eigenvalue weighted by atomic mass is 16.8. The highest BCUT2D eigenvalue weighted by molar-refractivity contribution is 5.69. The molecule has 0 aliphatic carbocycles. The van der Waals surface area contributed by atoms with E-state index in [4.69, 9.17) is 9.47 Å². The van der Waals surface area contributed by atoms with Crippen LogP contribution in [-0.2, 0) is 14.3 Å². The zero-order valence-electron chi connectivity index (χ0n) is 11.1. The second kappa shape index (κ2) is 9.46. The zero-order valence-corrected chi connectivity index (χ0v) is 11.1. The number of hydrogen-bond donors (Lipinski definition) is 0. The van der Waals surface area contributed by atoms with Gasteiger partial charge in [0.05, 0.1) is 0 Å². The van der Waals surface area contributed by atoms with Crippen LogP contribution in [-0.4, -0.2) is 18.9 Å². The van der Waals surface area contributed by atoms with E-state index < -0.39 is 0 Å². The van der Waals surface area contributed by atoms with Gasteiger partial charge >= 0.3 is 5.97 Å². The van der Waals surface area contributed by atoms with E-state index in [9.17, 15) is 4.79 Å². The van der Waals surface area contributed by atoms with Crippen molar-refractivity contribution >= 4 is 5.97 Å². The van der Waals surface area contributed by atoms with Gasteiger partial charge < -0.3 is 9.47 Å². The third kappa shape index (κ3) is 9.16. The van der Waals surface area contributed by atoms with Crippen molar-refractivity contribution in [3.05, 3.63) is 0 Å². The van der Waals surface area contributed by atoms with Crippen LogP contribution in [0.4, 0.5) is 0 Å². The molecule has 0 bridgehead atoms. The number of rotatable bonds is 11. The molecule has 1 aliphatic heterocycles.